The molecule has 0 bridgehead atoms. The predicted octanol–water partition coefficient (Wildman–Crippen LogP) is 1.04. The molecule has 0 aromatic carbocycles. The van der Waals surface area contributed by atoms with Gasteiger partial charge in [-0.05, 0) is 12.3 Å². The van der Waals surface area contributed by atoms with Gasteiger partial charge in [-0.25, -0.2) is 8.98 Å². The van der Waals surface area contributed by atoms with Gasteiger partial charge in [0.15, 0.2) is 0 Å². The molecule has 88 valence electrons. The van der Waals surface area contributed by atoms with Crippen LogP contribution in [-0.4, -0.2) is 36.1 Å². The van der Waals surface area contributed by atoms with Gasteiger partial charge in [0.05, 0.1) is 12.1 Å². The molecule has 1 heterocycles. The first-order valence-corrected chi connectivity index (χ1v) is 5.89. The average molecular weight is 237 g/mol. The van der Waals surface area contributed by atoms with E-state index in [0.717, 1.165) is 0 Å². The largest absolute Gasteiger partial charge is 0.464 e. The van der Waals surface area contributed by atoms with Crippen LogP contribution in [0.25, 0.3) is 0 Å². The van der Waals surface area contributed by atoms with E-state index >= 15 is 0 Å². The smallest absolute Gasteiger partial charge is 0.423 e. The van der Waals surface area contributed by atoms with Crippen molar-refractivity contribution in [3.63, 3.8) is 0 Å². The van der Waals surface area contributed by atoms with Gasteiger partial charge in [0.1, 0.15) is 0 Å². The van der Waals surface area contributed by atoms with Gasteiger partial charge in [0.2, 0.25) is 0 Å². The number of nitrogens with zero attached hydrogens (tertiary/aromatic N) is 1. The summed E-state index contributed by atoms with van der Waals surface area (Å²) in [6.45, 7) is 6.87. The molecule has 1 unspecified atom stereocenters. The van der Waals surface area contributed by atoms with Crippen LogP contribution in [0, 0.1) is 5.41 Å². The van der Waals surface area contributed by atoms with Crippen molar-refractivity contribution in [3.8, 4) is 0 Å². The van der Waals surface area contributed by atoms with Crippen molar-refractivity contribution >= 4 is 16.4 Å². The van der Waals surface area contributed by atoms with E-state index in [4.69, 9.17) is 5.11 Å². The molecular formula is C8H15NO5S. The Hall–Kier alpha value is -0.820. The molecule has 1 amide bonds. The van der Waals surface area contributed by atoms with E-state index in [0.29, 0.717) is 4.31 Å². The Labute approximate surface area is 89.1 Å². The minimum absolute atomic E-state index is 0.400. The van der Waals surface area contributed by atoms with Crippen molar-refractivity contribution in [3.05, 3.63) is 0 Å². The molecule has 7 heteroatoms. The topological polar surface area (TPSA) is 83.9 Å². The Morgan fingerprint density at radius 2 is 1.87 bits per heavy atom. The van der Waals surface area contributed by atoms with E-state index in [1.54, 1.807) is 27.7 Å². The maximum absolute atomic E-state index is 11.4. The molecule has 1 N–H and O–H groups in total. The summed E-state index contributed by atoms with van der Waals surface area (Å²) in [5.41, 5.74) is -0.499. The van der Waals surface area contributed by atoms with Crippen molar-refractivity contribution in [2.75, 3.05) is 0 Å². The molecular weight excluding hydrogens is 222 g/mol. The summed E-state index contributed by atoms with van der Waals surface area (Å²) in [5.74, 6) is 0. The quantitative estimate of drug-likeness (QED) is 0.680. The fourth-order valence-electron chi connectivity index (χ4n) is 1.89. The number of carbonyl (C=O) groups is 1. The van der Waals surface area contributed by atoms with Crippen LogP contribution in [-0.2, 0) is 14.5 Å². The Morgan fingerprint density at radius 3 is 2.13 bits per heavy atom. The second-order valence-electron chi connectivity index (χ2n) is 4.65. The van der Waals surface area contributed by atoms with Crippen LogP contribution >= 0.6 is 0 Å². The molecule has 0 saturated carbocycles. The summed E-state index contributed by atoms with van der Waals surface area (Å²) in [6, 6.07) is -0.694. The van der Waals surface area contributed by atoms with E-state index < -0.39 is 34.0 Å². The molecule has 0 aromatic heterocycles. The van der Waals surface area contributed by atoms with Crippen LogP contribution in [0.15, 0.2) is 0 Å². The van der Waals surface area contributed by atoms with Gasteiger partial charge in [0, 0.05) is 0 Å². The van der Waals surface area contributed by atoms with Crippen LogP contribution in [0.4, 0.5) is 4.79 Å². The van der Waals surface area contributed by atoms with Crippen molar-refractivity contribution in [1.29, 1.82) is 0 Å². The molecule has 15 heavy (non-hydrogen) atoms. The fraction of sp³-hybridized carbons (Fsp3) is 0.875. The first-order valence-electron chi connectivity index (χ1n) is 4.53. The van der Waals surface area contributed by atoms with Gasteiger partial charge in [-0.3, -0.25) is 0 Å². The van der Waals surface area contributed by atoms with Crippen molar-refractivity contribution in [2.45, 2.75) is 39.8 Å². The molecule has 1 aliphatic rings. The molecule has 2 atom stereocenters. The number of hydrogen-bond acceptors (Lipinski definition) is 4. The van der Waals surface area contributed by atoms with Gasteiger partial charge in [-0.15, -0.1) is 0 Å². The van der Waals surface area contributed by atoms with Crippen molar-refractivity contribution < 1.29 is 22.5 Å². The van der Waals surface area contributed by atoms with Gasteiger partial charge in [-0.1, -0.05) is 20.8 Å². The molecule has 0 radical (unpaired) electrons. The molecule has 1 saturated heterocycles. The number of carboxylic acid groups (broad SMARTS) is 1. The first-order chi connectivity index (χ1) is 6.57. The highest BCUT2D eigenvalue weighted by atomic mass is 32.2. The SMILES string of the molecule is CC1OS(=O)(=O)N(C(=O)O)[C@H]1C(C)(C)C. The standard InChI is InChI=1S/C8H15NO5S/c1-5-6(8(2,3)4)9(7(10)11)15(12,13)14-5/h5-6H,1-4H3,(H,10,11)/t5?,6-/m1/s1. The lowest BCUT2D eigenvalue weighted by Crippen LogP contribution is -2.47. The third-order valence-electron chi connectivity index (χ3n) is 2.29. The molecule has 6 nitrogen and oxygen atoms in total. The van der Waals surface area contributed by atoms with E-state index in [9.17, 15) is 13.2 Å². The zero-order valence-corrected chi connectivity index (χ0v) is 9.91. The normalized spacial score (nSPS) is 30.5. The number of hydrogen-bond donors (Lipinski definition) is 1. The second kappa shape index (κ2) is 3.34. The maximum Gasteiger partial charge on any atom is 0.423 e. The molecule has 0 aliphatic carbocycles. The van der Waals surface area contributed by atoms with Crippen molar-refractivity contribution in [2.24, 2.45) is 5.41 Å². The minimum Gasteiger partial charge on any atom is -0.464 e. The van der Waals surface area contributed by atoms with Crippen LogP contribution in [0.3, 0.4) is 0 Å². The summed E-state index contributed by atoms with van der Waals surface area (Å²) in [4.78, 5) is 10.9. The van der Waals surface area contributed by atoms with Gasteiger partial charge in [0.25, 0.3) is 0 Å². The first kappa shape index (κ1) is 12.3. The average Bonchev–Trinajstić information content (AvgIpc) is 2.17. The number of amides is 1. The Kier molecular flexibility index (Phi) is 2.73. The summed E-state index contributed by atoms with van der Waals surface area (Å²) in [6.07, 6.45) is -2.16. The minimum atomic E-state index is -4.13. The molecule has 1 rings (SSSR count). The lowest BCUT2D eigenvalue weighted by atomic mass is 9.84. The maximum atomic E-state index is 11.4. The van der Waals surface area contributed by atoms with Gasteiger partial charge in [-0.2, -0.15) is 12.7 Å². The van der Waals surface area contributed by atoms with Crippen LogP contribution in [0.5, 0.6) is 0 Å². The second-order valence-corrected chi connectivity index (χ2v) is 6.09. The van der Waals surface area contributed by atoms with E-state index in [-0.39, 0.29) is 0 Å². The third-order valence-corrected chi connectivity index (χ3v) is 3.70. The molecule has 0 spiro atoms. The summed E-state index contributed by atoms with van der Waals surface area (Å²) in [7, 11) is -4.13. The summed E-state index contributed by atoms with van der Waals surface area (Å²) in [5, 5.41) is 8.87. The zero-order valence-electron chi connectivity index (χ0n) is 9.09. The monoisotopic (exact) mass is 237 g/mol. The Balaban J connectivity index is 3.22. The molecule has 1 fully saturated rings. The number of rotatable bonds is 0. The molecule has 0 aromatic rings. The lowest BCUT2D eigenvalue weighted by Gasteiger charge is -2.31. The van der Waals surface area contributed by atoms with Crippen LogP contribution in [0.2, 0.25) is 0 Å². The van der Waals surface area contributed by atoms with Crippen molar-refractivity contribution in [1.82, 2.24) is 4.31 Å². The summed E-state index contributed by atoms with van der Waals surface area (Å²) < 4.78 is 27.9. The third kappa shape index (κ3) is 2.07. The zero-order chi connectivity index (χ0) is 12.0. The lowest BCUT2D eigenvalue weighted by molar-refractivity contribution is 0.105. The van der Waals surface area contributed by atoms with E-state index in [2.05, 4.69) is 4.18 Å². The van der Waals surface area contributed by atoms with Crippen LogP contribution in [0.1, 0.15) is 27.7 Å². The summed E-state index contributed by atoms with van der Waals surface area (Å²) >= 11 is 0. The van der Waals surface area contributed by atoms with E-state index in [1.807, 2.05) is 0 Å². The fourth-order valence-corrected chi connectivity index (χ4v) is 3.43. The highest BCUT2D eigenvalue weighted by Gasteiger charge is 2.52. The van der Waals surface area contributed by atoms with E-state index in [1.165, 1.54) is 0 Å². The Morgan fingerprint density at radius 1 is 1.40 bits per heavy atom. The van der Waals surface area contributed by atoms with Gasteiger partial charge >= 0.3 is 16.4 Å². The highest BCUT2D eigenvalue weighted by molar-refractivity contribution is 7.85. The van der Waals surface area contributed by atoms with Gasteiger partial charge < -0.3 is 5.11 Å². The highest BCUT2D eigenvalue weighted by Crippen LogP contribution is 2.36. The van der Waals surface area contributed by atoms with Crippen LogP contribution < -0.4 is 0 Å². The molecule has 1 aliphatic heterocycles. The Bertz CT molecular complexity index is 369. The predicted molar refractivity (Wildman–Crippen MR) is 52.6 cm³/mol.